The Labute approximate surface area is 370 Å². The first-order chi connectivity index (χ1) is 22.0. The van der Waals surface area contributed by atoms with E-state index < -0.39 is 19.2 Å². The van der Waals surface area contributed by atoms with E-state index >= 15 is 0 Å². The Kier molecular flexibility index (Phi) is 140. The van der Waals surface area contributed by atoms with Crippen LogP contribution >= 0.6 is 0 Å². The summed E-state index contributed by atoms with van der Waals surface area (Å²) >= 11 is -3.34. The molecule has 0 fully saturated rings. The Balaban J connectivity index is -0.0000000393. The van der Waals surface area contributed by atoms with Gasteiger partial charge in [-0.25, -0.2) is 0 Å². The molecule has 14 heteroatoms. The minimum atomic E-state index is -3.49. The average Bonchev–Trinajstić information content (AvgIpc) is 3.01. The van der Waals surface area contributed by atoms with E-state index in [1.807, 2.05) is 0 Å². The fraction of sp³-hybridized carbons (Fsp3) is 0.895. The Morgan fingerprint density at radius 3 is 0.827 bits per heavy atom. The second-order valence-electron chi connectivity index (χ2n) is 11.1. The second kappa shape index (κ2) is 85.1. The van der Waals surface area contributed by atoms with Gasteiger partial charge in [-0.2, -0.15) is 0 Å². The Bertz CT molecular complexity index is 480. The Morgan fingerprint density at radius 1 is 0.481 bits per heavy atom. The van der Waals surface area contributed by atoms with Gasteiger partial charge in [0.05, 0.1) is 0 Å². The first-order valence-corrected chi connectivity index (χ1v) is 29.0. The van der Waals surface area contributed by atoms with Crippen molar-refractivity contribution in [3.05, 3.63) is 14.9 Å². The Hall–Kier alpha value is 1.73. The summed E-state index contributed by atoms with van der Waals surface area (Å²) in [5.74, 6) is -0.622. The molecule has 0 saturated heterocycles. The largest absolute Gasteiger partial charge is 2.00 e. The molecule has 0 saturated carbocycles. The van der Waals surface area contributed by atoms with Crippen LogP contribution in [0.1, 0.15) is 172 Å². The van der Waals surface area contributed by atoms with Gasteiger partial charge in [0.15, 0.2) is 0 Å². The molecule has 8 N–H and O–H groups in total. The number of aliphatic hydroxyl groups is 4. The maximum atomic E-state index is 11.2. The molecule has 0 aliphatic rings. The number of unbranched alkanes of at least 4 members (excludes halogenated alkanes) is 8. The molecule has 320 valence electrons. The zero-order valence-corrected chi connectivity index (χ0v) is 45.2. The molecule has 0 atom stereocenters. The molecule has 52 heavy (non-hydrogen) atoms. The van der Waals surface area contributed by atoms with E-state index in [0.717, 1.165) is 85.9 Å². The van der Waals surface area contributed by atoms with Gasteiger partial charge >= 0.3 is 200 Å². The van der Waals surface area contributed by atoms with E-state index in [2.05, 4.69) is 55.4 Å². The van der Waals surface area contributed by atoms with Crippen LogP contribution < -0.4 is 0 Å². The molecule has 0 bridgehead atoms. The van der Waals surface area contributed by atoms with Gasteiger partial charge in [0.1, 0.15) is 0 Å². The first-order valence-electron chi connectivity index (χ1n) is 18.6. The summed E-state index contributed by atoms with van der Waals surface area (Å²) in [5.41, 5.74) is 0. The number of aliphatic hydroxyl groups excluding tert-OH is 4. The van der Waals surface area contributed by atoms with Crippen LogP contribution in [0.4, 0.5) is 0 Å². The average molecular weight is 1040 g/mol. The van der Waals surface area contributed by atoms with Crippen LogP contribution in [-0.2, 0) is 59.2 Å². The third-order valence-electron chi connectivity index (χ3n) is 5.94. The van der Waals surface area contributed by atoms with E-state index in [-0.39, 0.29) is 102 Å². The van der Waals surface area contributed by atoms with Crippen molar-refractivity contribution in [3.8, 4) is 0 Å². The molecular weight excluding hydrogens is 950 g/mol. The van der Waals surface area contributed by atoms with E-state index in [4.69, 9.17) is 26.6 Å². The number of hydrogen-bond acceptors (Lipinski definition) is 8. The number of hydrogen-bond donors (Lipinski definition) is 4. The first kappa shape index (κ1) is 85.8. The van der Waals surface area contributed by atoms with E-state index in [1.165, 1.54) is 39.5 Å². The molecule has 0 unspecified atom stereocenters. The summed E-state index contributed by atoms with van der Waals surface area (Å²) in [5, 5.41) is 32.3. The Morgan fingerprint density at radius 2 is 0.692 bits per heavy atom. The van der Waals surface area contributed by atoms with Gasteiger partial charge in [-0.05, 0) is 25.7 Å². The van der Waals surface area contributed by atoms with E-state index in [9.17, 15) is 9.59 Å². The standard InChI is InChI=1S/4C4H10O.4C4H9.2C2H4O2.2CH3.2H2O.2Sn.2Ti/c4*1-2-3-4-5;4*1-3-4-2;2*1-2(3)4;;;;;;;;/h4*5H,2-4H2,1H3;4*1,3-4H2,2H3;2*1H3,(H,3,4);2*1H3;2*1H2;;;;/q;;;;;;;;;;2*-1;;;;+2;;+2/p-2. The van der Waals surface area contributed by atoms with Crippen LogP contribution in [0.15, 0.2) is 0 Å². The summed E-state index contributed by atoms with van der Waals surface area (Å²) < 4.78 is 15.8. The van der Waals surface area contributed by atoms with Crippen molar-refractivity contribution in [2.45, 2.75) is 190 Å². The fourth-order valence-corrected chi connectivity index (χ4v) is 17.4. The molecule has 10 nitrogen and oxygen atoms in total. The molecule has 0 aromatic carbocycles. The van der Waals surface area contributed by atoms with Gasteiger partial charge in [0, 0.05) is 48.1 Å². The summed E-state index contributed by atoms with van der Waals surface area (Å²) in [6.07, 6.45) is 18.0. The van der Waals surface area contributed by atoms with Crippen LogP contribution in [0, 0.1) is 14.9 Å². The van der Waals surface area contributed by atoms with Crippen molar-refractivity contribution in [3.63, 3.8) is 0 Å². The van der Waals surface area contributed by atoms with Crippen LogP contribution in [-0.4, -0.2) is 110 Å². The normalized spacial score (nSPS) is 8.58. The topological polar surface area (TPSA) is 197 Å². The van der Waals surface area contributed by atoms with Crippen molar-refractivity contribution in [1.82, 2.24) is 0 Å². The van der Waals surface area contributed by atoms with Crippen molar-refractivity contribution < 1.29 is 90.6 Å². The monoisotopic (exact) mass is 1040 g/mol. The quantitative estimate of drug-likeness (QED) is 0.0470. The van der Waals surface area contributed by atoms with Crippen molar-refractivity contribution >= 4 is 52.3 Å². The molecule has 0 aromatic heterocycles. The maximum absolute atomic E-state index is 11.2. The maximum Gasteiger partial charge on any atom is 2.00 e. The number of carbonyl (C=O) groups excluding carboxylic acids is 2. The smallest absolute Gasteiger partial charge is 0.412 e. The van der Waals surface area contributed by atoms with Gasteiger partial charge in [-0.3, -0.25) is 0 Å². The molecule has 0 aliphatic heterocycles. The molecule has 0 aliphatic carbocycles. The predicted molar refractivity (Wildman–Crippen MR) is 222 cm³/mol. The predicted octanol–water partition coefficient (Wildman–Crippen LogP) is 8.64. The van der Waals surface area contributed by atoms with E-state index in [0.29, 0.717) is 26.4 Å². The van der Waals surface area contributed by atoms with Gasteiger partial charge in [0.25, 0.3) is 0 Å². The summed E-state index contributed by atoms with van der Waals surface area (Å²) in [6.45, 7) is 21.1. The van der Waals surface area contributed by atoms with Gasteiger partial charge in [-0.1, -0.05) is 53.4 Å². The minimum Gasteiger partial charge on any atom is -0.412 e. The van der Waals surface area contributed by atoms with Crippen LogP contribution in [0.5, 0.6) is 0 Å². The van der Waals surface area contributed by atoms with E-state index in [1.54, 1.807) is 8.87 Å². The SMILES string of the molecule is CCCCO.CCCCO.CCCCO.CCCCO.CCC[CH2][Sn]([CH2]CCC)([O]C(C)=O)[O]C(C)=O.CCC[CH2][Sn][CH2]CCC.O.O.[CH3-].[CH3-].[Ti+2].[Ti]. The second-order valence-corrected chi connectivity index (χ2v) is 24.6. The molecule has 2 radical (unpaired) electrons. The van der Waals surface area contributed by atoms with Gasteiger partial charge in [-0.15, -0.1) is 0 Å². The van der Waals surface area contributed by atoms with Crippen molar-refractivity contribution in [2.24, 2.45) is 0 Å². The van der Waals surface area contributed by atoms with Crippen molar-refractivity contribution in [1.29, 1.82) is 0 Å². The summed E-state index contributed by atoms with van der Waals surface area (Å²) in [4.78, 5) is 22.4. The molecule has 0 amide bonds. The summed E-state index contributed by atoms with van der Waals surface area (Å²) in [6, 6.07) is 0. The molecule has 0 heterocycles. The van der Waals surface area contributed by atoms with Crippen molar-refractivity contribution in [2.75, 3.05) is 26.4 Å². The van der Waals surface area contributed by atoms with Crippen LogP contribution in [0.3, 0.4) is 0 Å². The number of carbonyl (C=O) groups is 2. The van der Waals surface area contributed by atoms with Gasteiger partial charge in [0.2, 0.25) is 0 Å². The molecule has 0 rings (SSSR count). The molecule has 0 aromatic rings. The molecular formula is C38H92O10Sn2Ti2. The number of rotatable bonds is 22. The van der Waals surface area contributed by atoms with Crippen LogP contribution in [0.2, 0.25) is 17.7 Å². The summed E-state index contributed by atoms with van der Waals surface area (Å²) in [7, 11) is 0. The molecule has 0 spiro atoms. The van der Waals surface area contributed by atoms with Crippen LogP contribution in [0.25, 0.3) is 0 Å². The zero-order valence-electron chi connectivity index (χ0n) is 36.4. The third kappa shape index (κ3) is 104. The van der Waals surface area contributed by atoms with Gasteiger partial charge < -0.3 is 46.2 Å². The minimum absolute atomic E-state index is 0. The fourth-order valence-electron chi connectivity index (χ4n) is 3.13. The third-order valence-corrected chi connectivity index (χ3v) is 20.1. The zero-order chi connectivity index (χ0) is 36.7.